The van der Waals surface area contributed by atoms with Gasteiger partial charge in [-0.15, -0.1) is 0 Å². The van der Waals surface area contributed by atoms with E-state index >= 15 is 0 Å². The number of hydrogen-bond acceptors (Lipinski definition) is 3. The van der Waals surface area contributed by atoms with Crippen LogP contribution in [0.2, 0.25) is 0 Å². The summed E-state index contributed by atoms with van der Waals surface area (Å²) < 4.78 is 13.9. The van der Waals surface area contributed by atoms with Gasteiger partial charge in [-0.3, -0.25) is 14.8 Å². The van der Waals surface area contributed by atoms with Crippen LogP contribution in [0, 0.1) is 5.82 Å². The summed E-state index contributed by atoms with van der Waals surface area (Å²) in [5, 5.41) is 0. The number of hydrogen-bond donors (Lipinski definition) is 0. The molecule has 3 rings (SSSR count). The van der Waals surface area contributed by atoms with Crippen LogP contribution in [0.4, 0.5) is 4.39 Å². The molecule has 0 bridgehead atoms. The lowest BCUT2D eigenvalue weighted by Crippen LogP contribution is -2.44. The molecule has 2 aromatic rings. The summed E-state index contributed by atoms with van der Waals surface area (Å²) in [5.41, 5.74) is 1.14. The Hall–Kier alpha value is -2.30. The number of carbonyl (C=O) groups excluding carboxylic acids is 1. The number of likely N-dealkylation sites (tertiary alicyclic amines) is 1. The Morgan fingerprint density at radius 3 is 2.96 bits per heavy atom. The first-order chi connectivity index (χ1) is 11.3. The molecule has 1 aliphatic heterocycles. The van der Waals surface area contributed by atoms with Crippen LogP contribution in [0.1, 0.15) is 41.7 Å². The van der Waals surface area contributed by atoms with Gasteiger partial charge in [0.2, 0.25) is 0 Å². The second-order valence-corrected chi connectivity index (χ2v) is 5.86. The highest BCUT2D eigenvalue weighted by Gasteiger charge is 2.28. The molecule has 1 fully saturated rings. The number of piperidine rings is 1. The van der Waals surface area contributed by atoms with Gasteiger partial charge in [-0.2, -0.15) is 0 Å². The lowest BCUT2D eigenvalue weighted by Gasteiger charge is -2.36. The molecule has 5 heteroatoms. The Balaban J connectivity index is 1.71. The first-order valence-electron chi connectivity index (χ1n) is 8.06. The van der Waals surface area contributed by atoms with Gasteiger partial charge < -0.3 is 4.90 Å². The number of aryl methyl sites for hydroxylation is 1. The highest BCUT2D eigenvalue weighted by Crippen LogP contribution is 2.23. The molecule has 0 N–H and O–H groups in total. The fraction of sp³-hybridized carbons (Fsp3) is 0.389. The summed E-state index contributed by atoms with van der Waals surface area (Å²) in [5.74, 6) is -0.776. The Labute approximate surface area is 135 Å². The first kappa shape index (κ1) is 15.6. The third-order valence-electron chi connectivity index (χ3n) is 4.35. The van der Waals surface area contributed by atoms with Gasteiger partial charge in [0.15, 0.2) is 5.82 Å². The Bertz CT molecular complexity index is 662. The molecule has 0 aliphatic carbocycles. The maximum atomic E-state index is 13.9. The van der Waals surface area contributed by atoms with E-state index in [0.29, 0.717) is 6.54 Å². The minimum absolute atomic E-state index is 0.115. The molecule has 1 atom stereocenters. The van der Waals surface area contributed by atoms with Crippen molar-refractivity contribution in [2.45, 2.75) is 38.1 Å². The zero-order chi connectivity index (χ0) is 16.1. The van der Waals surface area contributed by atoms with Crippen molar-refractivity contribution in [3.63, 3.8) is 0 Å². The standard InChI is InChI=1S/C18H20FN3O/c19-17-13-20-11-9-16(17)18(23)22-12-4-2-6-15(22)8-7-14-5-1-3-10-21-14/h1,3,5,9-11,13,15H,2,4,6-8,12H2/t15-/m0/s1. The summed E-state index contributed by atoms with van der Waals surface area (Å²) in [4.78, 5) is 22.6. The number of carbonyl (C=O) groups is 1. The maximum Gasteiger partial charge on any atom is 0.257 e. The Kier molecular flexibility index (Phi) is 4.95. The summed E-state index contributed by atoms with van der Waals surface area (Å²) in [6.45, 7) is 0.688. The van der Waals surface area contributed by atoms with Crippen LogP contribution in [0.15, 0.2) is 42.9 Å². The molecule has 1 saturated heterocycles. The maximum absolute atomic E-state index is 13.9. The van der Waals surface area contributed by atoms with Gasteiger partial charge in [-0.25, -0.2) is 4.39 Å². The largest absolute Gasteiger partial charge is 0.336 e. The predicted octanol–water partition coefficient (Wildman–Crippen LogP) is 3.24. The van der Waals surface area contributed by atoms with Crippen LogP contribution >= 0.6 is 0 Å². The van der Waals surface area contributed by atoms with E-state index in [-0.39, 0.29) is 17.5 Å². The van der Waals surface area contributed by atoms with E-state index in [1.165, 1.54) is 12.3 Å². The Morgan fingerprint density at radius 2 is 2.17 bits per heavy atom. The third-order valence-corrected chi connectivity index (χ3v) is 4.35. The van der Waals surface area contributed by atoms with Gasteiger partial charge >= 0.3 is 0 Å². The van der Waals surface area contributed by atoms with Crippen molar-refractivity contribution in [3.05, 3.63) is 59.9 Å². The number of halogens is 1. The molecular weight excluding hydrogens is 293 g/mol. The van der Waals surface area contributed by atoms with E-state index in [0.717, 1.165) is 44.0 Å². The summed E-state index contributed by atoms with van der Waals surface area (Å²) >= 11 is 0. The van der Waals surface area contributed by atoms with Crippen LogP contribution < -0.4 is 0 Å². The number of rotatable bonds is 4. The molecule has 0 unspecified atom stereocenters. The molecule has 0 spiro atoms. The minimum Gasteiger partial charge on any atom is -0.336 e. The topological polar surface area (TPSA) is 46.1 Å². The van der Waals surface area contributed by atoms with Crippen molar-refractivity contribution in [3.8, 4) is 0 Å². The second-order valence-electron chi connectivity index (χ2n) is 5.86. The van der Waals surface area contributed by atoms with Crippen molar-refractivity contribution >= 4 is 5.91 Å². The van der Waals surface area contributed by atoms with E-state index in [4.69, 9.17) is 0 Å². The lowest BCUT2D eigenvalue weighted by molar-refractivity contribution is 0.0596. The van der Waals surface area contributed by atoms with Crippen molar-refractivity contribution < 1.29 is 9.18 Å². The molecule has 1 amide bonds. The van der Waals surface area contributed by atoms with E-state index in [1.807, 2.05) is 23.1 Å². The molecule has 1 aliphatic rings. The van der Waals surface area contributed by atoms with Gasteiger partial charge in [0.1, 0.15) is 0 Å². The fourth-order valence-electron chi connectivity index (χ4n) is 3.13. The lowest BCUT2D eigenvalue weighted by atomic mass is 9.96. The summed E-state index contributed by atoms with van der Waals surface area (Å²) in [6, 6.07) is 7.47. The third kappa shape index (κ3) is 3.73. The first-order valence-corrected chi connectivity index (χ1v) is 8.06. The highest BCUT2D eigenvalue weighted by atomic mass is 19.1. The smallest absolute Gasteiger partial charge is 0.257 e. The predicted molar refractivity (Wildman–Crippen MR) is 85.4 cm³/mol. The fourth-order valence-corrected chi connectivity index (χ4v) is 3.13. The number of pyridine rings is 2. The molecule has 4 nitrogen and oxygen atoms in total. The van der Waals surface area contributed by atoms with Crippen molar-refractivity contribution in [1.29, 1.82) is 0 Å². The van der Waals surface area contributed by atoms with Gasteiger partial charge in [-0.05, 0) is 50.3 Å². The zero-order valence-corrected chi connectivity index (χ0v) is 13.0. The molecular formula is C18H20FN3O. The van der Waals surface area contributed by atoms with Crippen LogP contribution in [0.25, 0.3) is 0 Å². The van der Waals surface area contributed by atoms with Crippen molar-refractivity contribution in [1.82, 2.24) is 14.9 Å². The quantitative estimate of drug-likeness (QED) is 0.870. The van der Waals surface area contributed by atoms with Crippen LogP contribution in [0.3, 0.4) is 0 Å². The van der Waals surface area contributed by atoms with Gasteiger partial charge in [-0.1, -0.05) is 6.07 Å². The van der Waals surface area contributed by atoms with Gasteiger partial charge in [0.25, 0.3) is 5.91 Å². The van der Waals surface area contributed by atoms with Crippen LogP contribution in [-0.4, -0.2) is 33.4 Å². The van der Waals surface area contributed by atoms with Crippen LogP contribution in [0.5, 0.6) is 0 Å². The highest BCUT2D eigenvalue weighted by molar-refractivity contribution is 5.94. The van der Waals surface area contributed by atoms with E-state index < -0.39 is 5.82 Å². The SMILES string of the molecule is O=C(c1ccncc1F)N1CCCC[C@H]1CCc1ccccn1. The molecule has 120 valence electrons. The number of nitrogens with zero attached hydrogens (tertiary/aromatic N) is 3. The number of amides is 1. The second kappa shape index (κ2) is 7.31. The molecule has 0 radical (unpaired) electrons. The summed E-state index contributed by atoms with van der Waals surface area (Å²) in [7, 11) is 0. The monoisotopic (exact) mass is 313 g/mol. The molecule has 0 aromatic carbocycles. The molecule has 23 heavy (non-hydrogen) atoms. The Morgan fingerprint density at radius 1 is 1.26 bits per heavy atom. The van der Waals surface area contributed by atoms with E-state index in [1.54, 1.807) is 6.20 Å². The molecule has 0 saturated carbocycles. The average Bonchev–Trinajstić information content (AvgIpc) is 2.61. The zero-order valence-electron chi connectivity index (χ0n) is 13.0. The molecule has 2 aromatic heterocycles. The van der Waals surface area contributed by atoms with Crippen molar-refractivity contribution in [2.75, 3.05) is 6.54 Å². The molecule has 3 heterocycles. The van der Waals surface area contributed by atoms with Crippen molar-refractivity contribution in [2.24, 2.45) is 0 Å². The van der Waals surface area contributed by atoms with Gasteiger partial charge in [0, 0.05) is 30.7 Å². The normalized spacial score (nSPS) is 18.0. The number of aromatic nitrogens is 2. The average molecular weight is 313 g/mol. The van der Waals surface area contributed by atoms with Crippen LogP contribution in [-0.2, 0) is 6.42 Å². The minimum atomic E-state index is -0.549. The van der Waals surface area contributed by atoms with E-state index in [9.17, 15) is 9.18 Å². The summed E-state index contributed by atoms with van der Waals surface area (Å²) in [6.07, 6.45) is 9.07. The van der Waals surface area contributed by atoms with Gasteiger partial charge in [0.05, 0.1) is 11.8 Å². The van der Waals surface area contributed by atoms with E-state index in [2.05, 4.69) is 9.97 Å².